The number of nitrogens with zero attached hydrogens (tertiary/aromatic N) is 1. The summed E-state index contributed by atoms with van der Waals surface area (Å²) in [4.78, 5) is 11.7. The highest BCUT2D eigenvalue weighted by atomic mass is 31.2. The van der Waals surface area contributed by atoms with E-state index in [-0.39, 0.29) is 19.8 Å². The van der Waals surface area contributed by atoms with E-state index in [1.165, 1.54) is 116 Å². The Balaban J connectivity index is 3.34. The summed E-state index contributed by atoms with van der Waals surface area (Å²) in [6.45, 7) is 3.15. The number of unbranched alkanes of at least 4 members (excludes halogenated alkanes) is 18. The largest absolute Gasteiger partial charge is 0.756 e. The highest BCUT2D eigenvalue weighted by Crippen LogP contribution is 2.38. The monoisotopic (exact) mass is 591 g/mol. The summed E-state index contributed by atoms with van der Waals surface area (Å²) in [6.07, 6.45) is 30.1. The third-order valence-electron chi connectivity index (χ3n) is 7.05. The number of phosphoric ester groups is 1. The molecule has 0 amide bonds. The number of ether oxygens (including phenoxy) is 1. The molecule has 0 aliphatic heterocycles. The predicted molar refractivity (Wildman–Crippen MR) is 166 cm³/mol. The number of hydrogen-bond donors (Lipinski definition) is 1. The third kappa shape index (κ3) is 32.2. The fraction of sp³-hybridized carbons (Fsp3) is 0.938. The van der Waals surface area contributed by atoms with Gasteiger partial charge in [-0.3, -0.25) is 4.57 Å². The number of rotatable bonds is 31. The van der Waals surface area contributed by atoms with Crippen LogP contribution in [0.15, 0.2) is 12.2 Å². The van der Waals surface area contributed by atoms with Gasteiger partial charge in [0.05, 0.1) is 34.4 Å². The van der Waals surface area contributed by atoms with E-state index >= 15 is 0 Å². The first kappa shape index (κ1) is 39.7. The topological polar surface area (TPSA) is 88.0 Å². The first-order chi connectivity index (χ1) is 19.2. The molecule has 7 nitrogen and oxygen atoms in total. The molecule has 0 bridgehead atoms. The molecule has 0 heterocycles. The Hall–Kier alpha value is -0.270. The van der Waals surface area contributed by atoms with Crippen LogP contribution in [0.3, 0.4) is 0 Å². The fourth-order valence-corrected chi connectivity index (χ4v) is 5.16. The molecule has 0 radical (unpaired) electrons. The molecular weight excluding hydrogens is 525 g/mol. The van der Waals surface area contributed by atoms with Gasteiger partial charge in [-0.25, -0.2) is 0 Å². The maximum Gasteiger partial charge on any atom is 0.268 e. The highest BCUT2D eigenvalue weighted by molar-refractivity contribution is 7.45. The lowest BCUT2D eigenvalue weighted by atomic mass is 10.1. The lowest BCUT2D eigenvalue weighted by Gasteiger charge is -2.27. The minimum Gasteiger partial charge on any atom is -0.756 e. The van der Waals surface area contributed by atoms with E-state index in [0.717, 1.165) is 12.8 Å². The zero-order chi connectivity index (χ0) is 29.8. The van der Waals surface area contributed by atoms with Crippen LogP contribution >= 0.6 is 7.82 Å². The maximum atomic E-state index is 11.7. The van der Waals surface area contributed by atoms with Crippen LogP contribution in [0.1, 0.15) is 135 Å². The summed E-state index contributed by atoms with van der Waals surface area (Å²) >= 11 is 0. The first-order valence-electron chi connectivity index (χ1n) is 16.5. The molecule has 0 aromatic rings. The van der Waals surface area contributed by atoms with E-state index in [2.05, 4.69) is 19.1 Å². The molecule has 0 rings (SSSR count). The average molecular weight is 592 g/mol. The zero-order valence-electron chi connectivity index (χ0n) is 26.8. The average Bonchev–Trinajstić information content (AvgIpc) is 2.89. The van der Waals surface area contributed by atoms with Gasteiger partial charge in [-0.15, -0.1) is 0 Å². The second-order valence-electron chi connectivity index (χ2n) is 12.4. The molecule has 40 heavy (non-hydrogen) atoms. The maximum absolute atomic E-state index is 11.7. The van der Waals surface area contributed by atoms with Crippen LogP contribution in [0.4, 0.5) is 0 Å². The Morgan fingerprint density at radius 1 is 0.675 bits per heavy atom. The van der Waals surface area contributed by atoms with E-state index in [9.17, 15) is 14.6 Å². The molecule has 1 N–H and O–H groups in total. The van der Waals surface area contributed by atoms with Crippen molar-refractivity contribution in [1.82, 2.24) is 0 Å². The Morgan fingerprint density at radius 3 is 1.60 bits per heavy atom. The highest BCUT2D eigenvalue weighted by Gasteiger charge is 2.15. The molecule has 0 aliphatic carbocycles. The molecule has 2 atom stereocenters. The van der Waals surface area contributed by atoms with Gasteiger partial charge in [-0.05, 0) is 32.1 Å². The van der Waals surface area contributed by atoms with Crippen molar-refractivity contribution in [3.63, 3.8) is 0 Å². The fourth-order valence-electron chi connectivity index (χ4n) is 4.42. The summed E-state index contributed by atoms with van der Waals surface area (Å²) < 4.78 is 27.3. The Kier molecular flexibility index (Phi) is 27.4. The molecule has 0 saturated heterocycles. The Labute approximate surface area is 248 Å². The summed E-state index contributed by atoms with van der Waals surface area (Å²) in [5, 5.41) is 9.87. The summed E-state index contributed by atoms with van der Waals surface area (Å²) in [5.74, 6) is 0. The number of aliphatic hydroxyl groups excluding tert-OH is 1. The van der Waals surface area contributed by atoms with Gasteiger partial charge >= 0.3 is 0 Å². The van der Waals surface area contributed by atoms with Crippen molar-refractivity contribution in [2.24, 2.45) is 0 Å². The van der Waals surface area contributed by atoms with E-state index < -0.39 is 13.9 Å². The zero-order valence-corrected chi connectivity index (χ0v) is 27.7. The number of allylic oxidation sites excluding steroid dienone is 2. The van der Waals surface area contributed by atoms with Gasteiger partial charge in [0, 0.05) is 6.61 Å². The van der Waals surface area contributed by atoms with Crippen molar-refractivity contribution in [2.45, 2.75) is 141 Å². The van der Waals surface area contributed by atoms with Gasteiger partial charge in [0.1, 0.15) is 19.3 Å². The lowest BCUT2D eigenvalue weighted by Crippen LogP contribution is -2.37. The van der Waals surface area contributed by atoms with Crippen LogP contribution < -0.4 is 4.89 Å². The van der Waals surface area contributed by atoms with Crippen molar-refractivity contribution in [3.05, 3.63) is 12.2 Å². The van der Waals surface area contributed by atoms with Crippen molar-refractivity contribution < 1.29 is 32.8 Å². The van der Waals surface area contributed by atoms with Crippen molar-refractivity contribution in [1.29, 1.82) is 0 Å². The van der Waals surface area contributed by atoms with Crippen LogP contribution in [-0.2, 0) is 18.3 Å². The number of likely N-dealkylation sites (N-methyl/N-ethyl adjacent to an activating group) is 1. The molecule has 2 unspecified atom stereocenters. The van der Waals surface area contributed by atoms with Crippen molar-refractivity contribution in [3.8, 4) is 0 Å². The van der Waals surface area contributed by atoms with Crippen LogP contribution in [0.5, 0.6) is 0 Å². The second kappa shape index (κ2) is 27.6. The third-order valence-corrected chi connectivity index (χ3v) is 8.01. The lowest BCUT2D eigenvalue weighted by molar-refractivity contribution is -0.870. The van der Waals surface area contributed by atoms with E-state index in [1.807, 2.05) is 21.1 Å². The smallest absolute Gasteiger partial charge is 0.268 e. The summed E-state index contributed by atoms with van der Waals surface area (Å²) in [5.41, 5.74) is 0. The molecule has 0 aliphatic rings. The quantitative estimate of drug-likeness (QED) is 0.0381. The van der Waals surface area contributed by atoms with E-state index in [1.54, 1.807) is 0 Å². The van der Waals surface area contributed by atoms with Gasteiger partial charge in [0.15, 0.2) is 0 Å². The Morgan fingerprint density at radius 2 is 1.12 bits per heavy atom. The minimum absolute atomic E-state index is 0.0498. The van der Waals surface area contributed by atoms with Crippen LogP contribution in [-0.4, -0.2) is 69.8 Å². The van der Waals surface area contributed by atoms with Gasteiger partial charge in [-0.1, -0.05) is 115 Å². The van der Waals surface area contributed by atoms with Crippen molar-refractivity contribution >= 4 is 7.82 Å². The second-order valence-corrected chi connectivity index (χ2v) is 13.8. The van der Waals surface area contributed by atoms with E-state index in [0.29, 0.717) is 17.6 Å². The number of aliphatic hydroxyl groups is 1. The molecular formula is C32H66NO6P. The number of quaternary nitrogens is 1. The molecule has 0 fully saturated rings. The molecule has 8 heteroatoms. The SMILES string of the molecule is CCCCCCCCCC/C=C\CCCCCCCCCCCCOCC(O)COP(=O)([O-])OCC[N+](C)(C)C. The first-order valence-corrected chi connectivity index (χ1v) is 17.9. The molecule has 0 aromatic heterocycles. The van der Waals surface area contributed by atoms with Gasteiger partial charge < -0.3 is 28.3 Å². The molecule has 0 aromatic carbocycles. The molecule has 240 valence electrons. The minimum atomic E-state index is -4.39. The molecule has 0 saturated carbocycles. The number of hydrogen-bond acceptors (Lipinski definition) is 6. The van der Waals surface area contributed by atoms with Crippen molar-refractivity contribution in [2.75, 3.05) is 54.1 Å². The predicted octanol–water partition coefficient (Wildman–Crippen LogP) is 7.95. The summed E-state index contributed by atoms with van der Waals surface area (Å²) in [6, 6.07) is 0. The van der Waals surface area contributed by atoms with Crippen LogP contribution in [0.2, 0.25) is 0 Å². The van der Waals surface area contributed by atoms with Gasteiger partial charge in [0.25, 0.3) is 7.82 Å². The summed E-state index contributed by atoms with van der Waals surface area (Å²) in [7, 11) is 1.44. The van der Waals surface area contributed by atoms with E-state index in [4.69, 9.17) is 13.8 Å². The Bertz CT molecular complexity index is 611. The normalized spacial score (nSPS) is 14.7. The van der Waals surface area contributed by atoms with Gasteiger partial charge in [-0.2, -0.15) is 0 Å². The van der Waals surface area contributed by atoms with Crippen LogP contribution in [0.25, 0.3) is 0 Å². The standard InChI is InChI=1S/C32H66NO6P/c1-5-6-7-8-9-10-11-12-13-14-15-16-17-18-19-20-21-22-23-24-25-26-28-37-30-32(34)31-39-40(35,36)38-29-27-33(2,3)4/h14-15,32,34H,5-13,16-31H2,1-4H3/b15-14-. The van der Waals surface area contributed by atoms with Crippen LogP contribution in [0, 0.1) is 0 Å². The number of phosphoric acid groups is 1. The van der Waals surface area contributed by atoms with Gasteiger partial charge in [0.2, 0.25) is 0 Å². The molecule has 0 spiro atoms.